The Kier molecular flexibility index (Phi) is 4.51. The minimum absolute atomic E-state index is 0.228. The summed E-state index contributed by atoms with van der Waals surface area (Å²) in [6.07, 6.45) is 2.48. The lowest BCUT2D eigenvalue weighted by Crippen LogP contribution is -1.96. The molecule has 0 bridgehead atoms. The summed E-state index contributed by atoms with van der Waals surface area (Å²) in [4.78, 5) is 0. The molecule has 7 heavy (non-hydrogen) atoms. The lowest BCUT2D eigenvalue weighted by atomic mass is 10.4. The molecule has 0 aromatic heterocycles. The lowest BCUT2D eigenvalue weighted by molar-refractivity contribution is 0.941. The van der Waals surface area contributed by atoms with Crippen molar-refractivity contribution in [3.63, 3.8) is 0 Å². The summed E-state index contributed by atoms with van der Waals surface area (Å²) in [7, 11) is -0.228. The van der Waals surface area contributed by atoms with E-state index in [0.717, 1.165) is 6.42 Å². The van der Waals surface area contributed by atoms with Crippen LogP contribution >= 0.6 is 0 Å². The molecular formula is C6H15Si. The molecule has 0 N–H and O–H groups in total. The summed E-state index contributed by atoms with van der Waals surface area (Å²) in [5.74, 6) is 0. The van der Waals surface area contributed by atoms with Crippen molar-refractivity contribution >= 4 is 8.80 Å². The Bertz CT molecular complexity index is 33.2. The summed E-state index contributed by atoms with van der Waals surface area (Å²) in [5, 5.41) is 0. The third-order valence-corrected chi connectivity index (χ3v) is 2.59. The average molecular weight is 115 g/mol. The molecule has 0 nitrogen and oxygen atoms in total. The van der Waals surface area contributed by atoms with Gasteiger partial charge in [-0.15, -0.1) is 0 Å². The summed E-state index contributed by atoms with van der Waals surface area (Å²) < 4.78 is 0. The van der Waals surface area contributed by atoms with Crippen LogP contribution in [0.25, 0.3) is 0 Å². The molecule has 0 aromatic rings. The zero-order valence-corrected chi connectivity index (χ0v) is 6.56. The minimum Gasteiger partial charge on any atom is -0.0722 e. The van der Waals surface area contributed by atoms with Crippen LogP contribution in [0.4, 0.5) is 0 Å². The zero-order chi connectivity index (χ0) is 5.70. The summed E-state index contributed by atoms with van der Waals surface area (Å²) in [6, 6.07) is 1.48. The van der Waals surface area contributed by atoms with Gasteiger partial charge in [-0.25, -0.2) is 0 Å². The smallest absolute Gasteiger partial charge is 0.0305 e. The van der Waals surface area contributed by atoms with E-state index in [4.69, 9.17) is 0 Å². The van der Waals surface area contributed by atoms with Crippen molar-refractivity contribution in [2.45, 2.75) is 32.0 Å². The molecule has 0 fully saturated rings. The molecule has 0 aromatic carbocycles. The Balaban J connectivity index is 2.68. The van der Waals surface area contributed by atoms with Gasteiger partial charge in [0.25, 0.3) is 0 Å². The van der Waals surface area contributed by atoms with E-state index in [9.17, 15) is 0 Å². The molecule has 0 amide bonds. The number of rotatable bonds is 3. The maximum absolute atomic E-state index is 3.78. The maximum Gasteiger partial charge on any atom is 0.0305 e. The third-order valence-electron chi connectivity index (χ3n) is 1.03. The summed E-state index contributed by atoms with van der Waals surface area (Å²) >= 11 is 0. The highest BCUT2D eigenvalue weighted by molar-refractivity contribution is 6.55. The lowest BCUT2D eigenvalue weighted by Gasteiger charge is -1.96. The number of unbranched alkanes of at least 4 members (excludes halogenated alkanes) is 1. The highest BCUT2D eigenvalue weighted by Crippen LogP contribution is 1.98. The van der Waals surface area contributed by atoms with E-state index in [1.54, 1.807) is 0 Å². The van der Waals surface area contributed by atoms with Gasteiger partial charge >= 0.3 is 0 Å². The van der Waals surface area contributed by atoms with Crippen LogP contribution in [-0.2, 0) is 0 Å². The number of hydrogen-bond donors (Lipinski definition) is 0. The van der Waals surface area contributed by atoms with Crippen LogP contribution in [-0.4, -0.2) is 8.80 Å². The van der Waals surface area contributed by atoms with Gasteiger partial charge in [0.05, 0.1) is 0 Å². The first-order valence-electron chi connectivity index (χ1n) is 3.06. The van der Waals surface area contributed by atoms with Gasteiger partial charge in [-0.05, 0) is 0 Å². The first-order valence-corrected chi connectivity index (χ1v) is 6.19. The maximum atomic E-state index is 3.78. The molecule has 43 valence electrons. The highest BCUT2D eigenvalue weighted by atomic mass is 28.3. The Hall–Kier alpha value is 0.217. The molecular weight excluding hydrogens is 100 g/mol. The molecule has 0 aliphatic carbocycles. The molecule has 0 rings (SSSR count). The van der Waals surface area contributed by atoms with Gasteiger partial charge in [0.15, 0.2) is 0 Å². The van der Waals surface area contributed by atoms with E-state index >= 15 is 0 Å². The van der Waals surface area contributed by atoms with E-state index in [1.165, 1.54) is 12.5 Å². The normalized spacial score (nSPS) is 10.3. The van der Waals surface area contributed by atoms with E-state index in [2.05, 4.69) is 20.0 Å². The van der Waals surface area contributed by atoms with Crippen molar-refractivity contribution < 1.29 is 0 Å². The second kappa shape index (κ2) is 4.38. The van der Waals surface area contributed by atoms with Crippen molar-refractivity contribution in [1.82, 2.24) is 0 Å². The monoisotopic (exact) mass is 115 g/mol. The van der Waals surface area contributed by atoms with Gasteiger partial charge in [0.1, 0.15) is 0 Å². The standard InChI is InChI=1S/C6H15Si/c1-4-5-6-7(2)3/h7H,1,4-6H2,2-3H3. The highest BCUT2D eigenvalue weighted by Gasteiger charge is 1.90. The van der Waals surface area contributed by atoms with Crippen molar-refractivity contribution in [3.05, 3.63) is 6.92 Å². The summed E-state index contributed by atoms with van der Waals surface area (Å²) in [5.41, 5.74) is 0. The molecule has 0 unspecified atom stereocenters. The average Bonchev–Trinajstić information content (AvgIpc) is 1.61. The fraction of sp³-hybridized carbons (Fsp3) is 0.833. The molecule has 0 heterocycles. The van der Waals surface area contributed by atoms with E-state index < -0.39 is 0 Å². The first kappa shape index (κ1) is 7.22. The summed E-state index contributed by atoms with van der Waals surface area (Å²) in [6.45, 7) is 8.55. The van der Waals surface area contributed by atoms with Crippen LogP contribution in [0.3, 0.4) is 0 Å². The Morgan fingerprint density at radius 1 is 1.43 bits per heavy atom. The predicted molar refractivity (Wildman–Crippen MR) is 38.3 cm³/mol. The SMILES string of the molecule is [CH2]CCC[SiH](C)C. The third kappa shape index (κ3) is 6.22. The second-order valence-corrected chi connectivity index (χ2v) is 5.75. The van der Waals surface area contributed by atoms with Gasteiger partial charge < -0.3 is 0 Å². The van der Waals surface area contributed by atoms with Crippen LogP contribution in [0.15, 0.2) is 0 Å². The van der Waals surface area contributed by atoms with Crippen LogP contribution in [0, 0.1) is 6.92 Å². The zero-order valence-electron chi connectivity index (χ0n) is 5.41. The van der Waals surface area contributed by atoms with Gasteiger partial charge in [-0.2, -0.15) is 0 Å². The van der Waals surface area contributed by atoms with Crippen molar-refractivity contribution in [2.75, 3.05) is 0 Å². The Morgan fingerprint density at radius 3 is 2.14 bits per heavy atom. The van der Waals surface area contributed by atoms with Gasteiger partial charge in [0, 0.05) is 8.80 Å². The molecule has 0 spiro atoms. The molecule has 1 radical (unpaired) electrons. The van der Waals surface area contributed by atoms with Crippen molar-refractivity contribution in [1.29, 1.82) is 0 Å². The topological polar surface area (TPSA) is 0 Å². The quantitative estimate of drug-likeness (QED) is 0.494. The molecule has 0 atom stereocenters. The van der Waals surface area contributed by atoms with Gasteiger partial charge in [-0.1, -0.05) is 38.9 Å². The van der Waals surface area contributed by atoms with Crippen molar-refractivity contribution in [2.24, 2.45) is 0 Å². The van der Waals surface area contributed by atoms with Crippen LogP contribution in [0.1, 0.15) is 12.8 Å². The largest absolute Gasteiger partial charge is 0.0722 e. The Labute approximate surface area is 48.5 Å². The van der Waals surface area contributed by atoms with E-state index in [0.29, 0.717) is 0 Å². The number of hydrogen-bond acceptors (Lipinski definition) is 0. The molecule has 0 aliphatic heterocycles. The molecule has 0 aliphatic rings. The van der Waals surface area contributed by atoms with E-state index in [-0.39, 0.29) is 8.80 Å². The second-order valence-electron chi connectivity index (χ2n) is 2.39. The van der Waals surface area contributed by atoms with Gasteiger partial charge in [-0.3, -0.25) is 0 Å². The van der Waals surface area contributed by atoms with Crippen molar-refractivity contribution in [3.8, 4) is 0 Å². The van der Waals surface area contributed by atoms with Crippen LogP contribution in [0.2, 0.25) is 19.1 Å². The van der Waals surface area contributed by atoms with Gasteiger partial charge in [0.2, 0.25) is 0 Å². The first-order chi connectivity index (χ1) is 3.27. The Morgan fingerprint density at radius 2 is 2.00 bits per heavy atom. The van der Waals surface area contributed by atoms with Crippen LogP contribution in [0.5, 0.6) is 0 Å². The van der Waals surface area contributed by atoms with E-state index in [1.807, 2.05) is 0 Å². The fourth-order valence-corrected chi connectivity index (χ4v) is 1.66. The minimum atomic E-state index is -0.228. The van der Waals surface area contributed by atoms with Crippen LogP contribution < -0.4 is 0 Å². The molecule has 0 saturated carbocycles. The molecule has 1 heteroatoms. The molecule has 0 saturated heterocycles. The predicted octanol–water partition coefficient (Wildman–Crippen LogP) is 2.09. The fourth-order valence-electron chi connectivity index (χ4n) is 0.553.